The molecule has 0 atom stereocenters. The van der Waals surface area contributed by atoms with Gasteiger partial charge in [-0.05, 0) is 53.8 Å². The number of carbonyl (C=O) groups is 1. The second-order valence-corrected chi connectivity index (χ2v) is 10.5. The first-order valence-corrected chi connectivity index (χ1v) is 14.2. The van der Waals surface area contributed by atoms with Crippen LogP contribution in [0.15, 0.2) is 115 Å². The molecule has 4 nitrogen and oxygen atoms in total. The van der Waals surface area contributed by atoms with Crippen LogP contribution in [-0.2, 0) is 13.0 Å². The zero-order chi connectivity index (χ0) is 26.7. The lowest BCUT2D eigenvalue weighted by Gasteiger charge is -2.35. The molecule has 1 fully saturated rings. The summed E-state index contributed by atoms with van der Waals surface area (Å²) in [4.78, 5) is 17.9. The van der Waals surface area contributed by atoms with Gasteiger partial charge < -0.3 is 15.1 Å². The molecule has 1 saturated heterocycles. The van der Waals surface area contributed by atoms with Gasteiger partial charge in [0.25, 0.3) is 5.91 Å². The summed E-state index contributed by atoms with van der Waals surface area (Å²) in [5.41, 5.74) is 5.87. The van der Waals surface area contributed by atoms with Crippen LogP contribution in [0.1, 0.15) is 45.0 Å². The topological polar surface area (TPSA) is 35.6 Å². The van der Waals surface area contributed by atoms with Crippen molar-refractivity contribution in [3.8, 4) is 0 Å². The number of carbonyl (C=O) groups excluding carboxylic acids is 1. The molecule has 5 rings (SSSR count). The first kappa shape index (κ1) is 26.9. The average Bonchev–Trinajstić information content (AvgIpc) is 3.01. The minimum absolute atomic E-state index is 0.0152. The molecule has 1 aliphatic heterocycles. The summed E-state index contributed by atoms with van der Waals surface area (Å²) >= 11 is 0. The predicted octanol–water partition coefficient (Wildman–Crippen LogP) is 6.00. The van der Waals surface area contributed by atoms with E-state index >= 15 is 0 Å². The van der Waals surface area contributed by atoms with E-state index in [0.29, 0.717) is 12.5 Å². The highest BCUT2D eigenvalue weighted by molar-refractivity contribution is 5.94. The number of nitrogens with zero attached hydrogens (tertiary/aromatic N) is 2. The van der Waals surface area contributed by atoms with Gasteiger partial charge >= 0.3 is 0 Å². The van der Waals surface area contributed by atoms with E-state index in [0.717, 1.165) is 63.2 Å². The molecule has 0 unspecified atom stereocenters. The molecule has 0 radical (unpaired) electrons. The molecule has 4 aromatic rings. The number of benzene rings is 4. The predicted molar refractivity (Wildman–Crippen MR) is 160 cm³/mol. The fourth-order valence-corrected chi connectivity index (χ4v) is 5.48. The molecule has 0 aromatic heterocycles. The Morgan fingerprint density at radius 1 is 0.641 bits per heavy atom. The van der Waals surface area contributed by atoms with Crippen molar-refractivity contribution in [1.29, 1.82) is 0 Å². The Morgan fingerprint density at radius 3 is 1.79 bits per heavy atom. The lowest BCUT2D eigenvalue weighted by molar-refractivity contribution is 0.0950. The van der Waals surface area contributed by atoms with Gasteiger partial charge in [0.2, 0.25) is 0 Å². The van der Waals surface area contributed by atoms with Gasteiger partial charge in [-0.1, -0.05) is 103 Å². The van der Waals surface area contributed by atoms with E-state index in [9.17, 15) is 4.79 Å². The minimum atomic E-state index is -0.0152. The molecule has 1 aliphatic rings. The maximum atomic E-state index is 12.7. The molecule has 4 aromatic carbocycles. The van der Waals surface area contributed by atoms with Gasteiger partial charge in [0, 0.05) is 50.7 Å². The fraction of sp³-hybridized carbons (Fsp3) is 0.286. The summed E-state index contributed by atoms with van der Waals surface area (Å²) in [6, 6.07) is 40.0. The third-order valence-electron chi connectivity index (χ3n) is 7.80. The number of hydrogen-bond acceptors (Lipinski definition) is 3. The van der Waals surface area contributed by atoms with Crippen molar-refractivity contribution in [3.63, 3.8) is 0 Å². The molecule has 0 spiro atoms. The normalized spacial score (nSPS) is 14.4. The minimum Gasteiger partial charge on any atom is -0.348 e. The largest absolute Gasteiger partial charge is 0.348 e. The van der Waals surface area contributed by atoms with Gasteiger partial charge in [-0.3, -0.25) is 4.79 Å². The highest BCUT2D eigenvalue weighted by Crippen LogP contribution is 2.28. The van der Waals surface area contributed by atoms with Gasteiger partial charge in [0.05, 0.1) is 0 Å². The average molecular weight is 518 g/mol. The van der Waals surface area contributed by atoms with Crippen molar-refractivity contribution in [3.05, 3.63) is 143 Å². The zero-order valence-electron chi connectivity index (χ0n) is 22.7. The third-order valence-corrected chi connectivity index (χ3v) is 7.80. The van der Waals surface area contributed by atoms with E-state index in [1.807, 2.05) is 48.5 Å². The van der Waals surface area contributed by atoms with Crippen LogP contribution in [0.25, 0.3) is 0 Å². The summed E-state index contributed by atoms with van der Waals surface area (Å²) in [7, 11) is 0. The molecule has 0 bridgehead atoms. The molecule has 39 heavy (non-hydrogen) atoms. The van der Waals surface area contributed by atoms with Crippen molar-refractivity contribution >= 4 is 5.91 Å². The number of amides is 1. The molecule has 1 N–H and O–H groups in total. The van der Waals surface area contributed by atoms with E-state index in [-0.39, 0.29) is 5.91 Å². The summed E-state index contributed by atoms with van der Waals surface area (Å²) in [6.45, 7) is 7.10. The quantitative estimate of drug-likeness (QED) is 0.265. The van der Waals surface area contributed by atoms with Crippen LogP contribution in [0.5, 0.6) is 0 Å². The first-order chi connectivity index (χ1) is 19.2. The summed E-state index contributed by atoms with van der Waals surface area (Å²) in [5.74, 6) is 0.418. The second kappa shape index (κ2) is 13.9. The van der Waals surface area contributed by atoms with E-state index in [4.69, 9.17) is 0 Å². The van der Waals surface area contributed by atoms with Crippen LogP contribution in [0.4, 0.5) is 0 Å². The zero-order valence-corrected chi connectivity index (χ0v) is 22.7. The molecule has 200 valence electrons. The van der Waals surface area contributed by atoms with Crippen molar-refractivity contribution in [2.75, 3.05) is 39.3 Å². The van der Waals surface area contributed by atoms with Crippen molar-refractivity contribution < 1.29 is 4.79 Å². The third kappa shape index (κ3) is 7.89. The maximum absolute atomic E-state index is 12.7. The van der Waals surface area contributed by atoms with E-state index in [1.54, 1.807) is 0 Å². The molecule has 4 heteroatoms. The molecular formula is C35H39N3O. The highest BCUT2D eigenvalue weighted by atomic mass is 16.1. The highest BCUT2D eigenvalue weighted by Gasteiger charge is 2.20. The first-order valence-electron chi connectivity index (χ1n) is 14.2. The summed E-state index contributed by atoms with van der Waals surface area (Å²) < 4.78 is 0. The second-order valence-electron chi connectivity index (χ2n) is 10.5. The summed E-state index contributed by atoms with van der Waals surface area (Å²) in [6.07, 6.45) is 2.09. The standard InChI is InChI=1S/C35H39N3O/c39-35(36-28-30-11-4-1-5-12-30)33-18-10-13-29(27-33)19-21-37-23-25-38(26-24-37)22-20-34(31-14-6-2-7-15-31)32-16-8-3-9-17-32/h1-18,27,34H,19-26,28H2,(H,36,39). The van der Waals surface area contributed by atoms with E-state index in [1.165, 1.54) is 16.7 Å². The van der Waals surface area contributed by atoms with Crippen LogP contribution in [0.3, 0.4) is 0 Å². The van der Waals surface area contributed by atoms with Crippen LogP contribution in [0.2, 0.25) is 0 Å². The number of nitrogens with one attached hydrogen (secondary N) is 1. The molecule has 0 saturated carbocycles. The molecule has 1 amide bonds. The van der Waals surface area contributed by atoms with Crippen LogP contribution < -0.4 is 5.32 Å². The van der Waals surface area contributed by atoms with E-state index in [2.05, 4.69) is 81.8 Å². The van der Waals surface area contributed by atoms with Crippen LogP contribution >= 0.6 is 0 Å². The number of hydrogen-bond donors (Lipinski definition) is 1. The summed E-state index contributed by atoms with van der Waals surface area (Å²) in [5, 5.41) is 3.04. The number of rotatable bonds is 11. The lowest BCUT2D eigenvalue weighted by atomic mass is 9.88. The Bertz CT molecular complexity index is 1250. The van der Waals surface area contributed by atoms with Gasteiger partial charge in [0.15, 0.2) is 0 Å². The van der Waals surface area contributed by atoms with E-state index < -0.39 is 0 Å². The molecule has 0 aliphatic carbocycles. The molecular weight excluding hydrogens is 478 g/mol. The lowest BCUT2D eigenvalue weighted by Crippen LogP contribution is -2.47. The van der Waals surface area contributed by atoms with Crippen molar-refractivity contribution in [2.45, 2.75) is 25.3 Å². The Morgan fingerprint density at radius 2 is 1.18 bits per heavy atom. The van der Waals surface area contributed by atoms with Gasteiger partial charge in [-0.25, -0.2) is 0 Å². The maximum Gasteiger partial charge on any atom is 0.251 e. The van der Waals surface area contributed by atoms with Gasteiger partial charge in [-0.2, -0.15) is 0 Å². The Kier molecular flexibility index (Phi) is 9.56. The van der Waals surface area contributed by atoms with Gasteiger partial charge in [0.1, 0.15) is 0 Å². The van der Waals surface area contributed by atoms with Gasteiger partial charge in [-0.15, -0.1) is 0 Å². The van der Waals surface area contributed by atoms with Crippen LogP contribution in [-0.4, -0.2) is 55.0 Å². The Hall–Kier alpha value is -3.73. The van der Waals surface area contributed by atoms with Crippen molar-refractivity contribution in [1.82, 2.24) is 15.1 Å². The smallest absolute Gasteiger partial charge is 0.251 e. The fourth-order valence-electron chi connectivity index (χ4n) is 5.48. The number of piperazine rings is 1. The Balaban J connectivity index is 1.07. The Labute approximate surface area is 233 Å². The van der Waals surface area contributed by atoms with Crippen molar-refractivity contribution in [2.24, 2.45) is 0 Å². The monoisotopic (exact) mass is 517 g/mol. The SMILES string of the molecule is O=C(NCc1ccccc1)c1cccc(CCN2CCN(CCC(c3ccccc3)c3ccccc3)CC2)c1. The molecule has 1 heterocycles. The van der Waals surface area contributed by atoms with Crippen LogP contribution in [0, 0.1) is 0 Å².